The number of hydrogen-bond donors (Lipinski definition) is 0. The number of hydrogen-bond acceptors (Lipinski definition) is 1. The Labute approximate surface area is 45.9 Å². The first kappa shape index (κ1) is 5.04. The van der Waals surface area contributed by atoms with Gasteiger partial charge in [-0.3, -0.25) is 4.21 Å². The summed E-state index contributed by atoms with van der Waals surface area (Å²) >= 11 is 0. The number of rotatable bonds is 1. The van der Waals surface area contributed by atoms with E-state index in [0.29, 0.717) is 5.25 Å². The molecular weight excluding hydrogens is 108 g/mol. The van der Waals surface area contributed by atoms with E-state index in [1.807, 2.05) is 12.2 Å². The quantitative estimate of drug-likeness (QED) is 0.461. The zero-order valence-electron chi connectivity index (χ0n) is 4.26. The van der Waals surface area contributed by atoms with Crippen molar-refractivity contribution < 1.29 is 4.21 Å². The summed E-state index contributed by atoms with van der Waals surface area (Å²) in [6.07, 6.45) is 6.81. The van der Waals surface area contributed by atoms with Crippen molar-refractivity contribution in [1.82, 2.24) is 0 Å². The molecule has 0 aromatic carbocycles. The summed E-state index contributed by atoms with van der Waals surface area (Å²) in [5.41, 5.74) is 0. The van der Waals surface area contributed by atoms with Crippen LogP contribution in [0.15, 0.2) is 12.2 Å². The monoisotopic (exact) mass is 116 g/mol. The van der Waals surface area contributed by atoms with Crippen LogP contribution in [0.3, 0.4) is 0 Å². The first-order valence-corrected chi connectivity index (χ1v) is 3.92. The van der Waals surface area contributed by atoms with Gasteiger partial charge in [0.05, 0.1) is 5.25 Å². The van der Waals surface area contributed by atoms with Crippen molar-refractivity contribution >= 4 is 10.8 Å². The van der Waals surface area contributed by atoms with Gasteiger partial charge < -0.3 is 0 Å². The van der Waals surface area contributed by atoms with Gasteiger partial charge >= 0.3 is 0 Å². The maximum Gasteiger partial charge on any atom is 0.0559 e. The van der Waals surface area contributed by atoms with Crippen LogP contribution in [0.1, 0.15) is 6.42 Å². The molecule has 0 heterocycles. The molecule has 7 heavy (non-hydrogen) atoms. The average Bonchev–Trinajstić information content (AvgIpc) is 1.23. The fraction of sp³-hybridized carbons (Fsp3) is 0.600. The van der Waals surface area contributed by atoms with E-state index in [-0.39, 0.29) is 0 Å². The van der Waals surface area contributed by atoms with Gasteiger partial charge in [0.2, 0.25) is 0 Å². The van der Waals surface area contributed by atoms with E-state index < -0.39 is 10.8 Å². The molecule has 0 amide bonds. The second-order valence-corrected chi connectivity index (χ2v) is 3.30. The zero-order chi connectivity index (χ0) is 5.28. The summed E-state index contributed by atoms with van der Waals surface area (Å²) in [6, 6.07) is 0. The molecule has 0 N–H and O–H groups in total. The Morgan fingerprint density at radius 2 is 2.43 bits per heavy atom. The van der Waals surface area contributed by atoms with Gasteiger partial charge in [-0.05, 0) is 6.42 Å². The highest BCUT2D eigenvalue weighted by Gasteiger charge is 2.12. The average molecular weight is 116 g/mol. The normalized spacial score (nSPS) is 31.9. The predicted octanol–water partition coefficient (Wildman–Crippen LogP) is 0.693. The van der Waals surface area contributed by atoms with Crippen LogP contribution in [-0.2, 0) is 10.8 Å². The minimum Gasteiger partial charge on any atom is -0.259 e. The Balaban J connectivity index is 2.44. The SMILES string of the molecule is CS(=O)C1C=CC1. The van der Waals surface area contributed by atoms with Gasteiger partial charge in [0.15, 0.2) is 0 Å². The third-order valence-corrected chi connectivity index (χ3v) is 2.35. The summed E-state index contributed by atoms with van der Waals surface area (Å²) in [7, 11) is -0.610. The molecule has 0 saturated heterocycles. The van der Waals surface area contributed by atoms with Crippen LogP contribution >= 0.6 is 0 Å². The highest BCUT2D eigenvalue weighted by molar-refractivity contribution is 7.85. The fourth-order valence-corrected chi connectivity index (χ4v) is 1.21. The van der Waals surface area contributed by atoms with E-state index in [1.165, 1.54) is 0 Å². The van der Waals surface area contributed by atoms with Gasteiger partial charge in [0.25, 0.3) is 0 Å². The third kappa shape index (κ3) is 0.911. The molecule has 1 nitrogen and oxygen atoms in total. The summed E-state index contributed by atoms with van der Waals surface area (Å²) < 4.78 is 10.5. The molecule has 1 rings (SSSR count). The highest BCUT2D eigenvalue weighted by Crippen LogP contribution is 2.12. The maximum atomic E-state index is 10.5. The lowest BCUT2D eigenvalue weighted by molar-refractivity contribution is 0.678. The lowest BCUT2D eigenvalue weighted by atomic mass is 10.1. The molecule has 0 saturated carbocycles. The Bertz CT molecular complexity index is 117. The Morgan fingerprint density at radius 3 is 2.43 bits per heavy atom. The lowest BCUT2D eigenvalue weighted by Gasteiger charge is -2.12. The zero-order valence-corrected chi connectivity index (χ0v) is 5.07. The molecule has 2 atom stereocenters. The molecule has 0 spiro atoms. The van der Waals surface area contributed by atoms with Crippen LogP contribution in [0, 0.1) is 0 Å². The largest absolute Gasteiger partial charge is 0.259 e. The van der Waals surface area contributed by atoms with E-state index in [1.54, 1.807) is 6.26 Å². The molecule has 0 aliphatic heterocycles. The van der Waals surface area contributed by atoms with E-state index in [9.17, 15) is 4.21 Å². The van der Waals surface area contributed by atoms with Gasteiger partial charge in [-0.25, -0.2) is 0 Å². The molecule has 0 radical (unpaired) electrons. The van der Waals surface area contributed by atoms with Crippen LogP contribution in [0.2, 0.25) is 0 Å². The van der Waals surface area contributed by atoms with Crippen molar-refractivity contribution in [3.8, 4) is 0 Å². The molecular formula is C5H8OS. The smallest absolute Gasteiger partial charge is 0.0559 e. The van der Waals surface area contributed by atoms with Crippen LogP contribution in [0.25, 0.3) is 0 Å². The summed E-state index contributed by atoms with van der Waals surface area (Å²) in [6.45, 7) is 0. The molecule has 1 aliphatic carbocycles. The minimum atomic E-state index is -0.610. The number of allylic oxidation sites excluding steroid dienone is 1. The fourth-order valence-electron chi connectivity index (χ4n) is 0.493. The first-order valence-electron chi connectivity index (χ1n) is 2.29. The van der Waals surface area contributed by atoms with E-state index >= 15 is 0 Å². The summed E-state index contributed by atoms with van der Waals surface area (Å²) in [5.74, 6) is 0. The molecule has 0 bridgehead atoms. The second-order valence-electron chi connectivity index (χ2n) is 1.70. The highest BCUT2D eigenvalue weighted by atomic mass is 32.2. The van der Waals surface area contributed by atoms with Crippen molar-refractivity contribution in [3.05, 3.63) is 12.2 Å². The lowest BCUT2D eigenvalue weighted by Crippen LogP contribution is -2.15. The predicted molar refractivity (Wildman–Crippen MR) is 31.6 cm³/mol. The van der Waals surface area contributed by atoms with E-state index in [2.05, 4.69) is 0 Å². The van der Waals surface area contributed by atoms with Crippen molar-refractivity contribution in [2.24, 2.45) is 0 Å². The molecule has 40 valence electrons. The second kappa shape index (κ2) is 1.78. The molecule has 0 fully saturated rings. The molecule has 2 unspecified atom stereocenters. The van der Waals surface area contributed by atoms with Crippen molar-refractivity contribution in [1.29, 1.82) is 0 Å². The Morgan fingerprint density at radius 1 is 1.86 bits per heavy atom. The van der Waals surface area contributed by atoms with Crippen LogP contribution in [-0.4, -0.2) is 15.7 Å². The van der Waals surface area contributed by atoms with Crippen molar-refractivity contribution in [2.45, 2.75) is 11.7 Å². The Kier molecular flexibility index (Phi) is 1.28. The third-order valence-electron chi connectivity index (χ3n) is 1.15. The van der Waals surface area contributed by atoms with Gasteiger partial charge in [-0.15, -0.1) is 0 Å². The van der Waals surface area contributed by atoms with E-state index in [4.69, 9.17) is 0 Å². The Hall–Kier alpha value is -0.110. The van der Waals surface area contributed by atoms with Crippen molar-refractivity contribution in [2.75, 3.05) is 6.26 Å². The molecule has 1 aliphatic rings. The molecule has 2 heteroatoms. The minimum absolute atomic E-state index is 0.375. The first-order chi connectivity index (χ1) is 3.30. The van der Waals surface area contributed by atoms with Gasteiger partial charge in [-0.2, -0.15) is 0 Å². The van der Waals surface area contributed by atoms with Crippen molar-refractivity contribution in [3.63, 3.8) is 0 Å². The topological polar surface area (TPSA) is 17.1 Å². The van der Waals surface area contributed by atoms with Gasteiger partial charge in [0.1, 0.15) is 0 Å². The summed E-state index contributed by atoms with van der Waals surface area (Å²) in [4.78, 5) is 0. The standard InChI is InChI=1S/C5H8OS/c1-7(6)5-3-2-4-5/h2-3,5H,4H2,1H3. The maximum absolute atomic E-state index is 10.5. The van der Waals surface area contributed by atoms with Crippen LogP contribution in [0.5, 0.6) is 0 Å². The van der Waals surface area contributed by atoms with Crippen LogP contribution in [0.4, 0.5) is 0 Å². The van der Waals surface area contributed by atoms with E-state index in [0.717, 1.165) is 6.42 Å². The molecule has 0 aromatic heterocycles. The summed E-state index contributed by atoms with van der Waals surface area (Å²) in [5, 5.41) is 0.375. The molecule has 0 aromatic rings. The van der Waals surface area contributed by atoms with Gasteiger partial charge in [-0.1, -0.05) is 12.2 Å². The van der Waals surface area contributed by atoms with Crippen LogP contribution < -0.4 is 0 Å². The van der Waals surface area contributed by atoms with Gasteiger partial charge in [0, 0.05) is 17.1 Å².